The molecule has 0 saturated carbocycles. The molecule has 0 bridgehead atoms. The molecule has 3 rings (SSSR count). The molecule has 1 unspecified atom stereocenters. The lowest BCUT2D eigenvalue weighted by Gasteiger charge is -2.19. The Hall–Kier alpha value is -2.36. The highest BCUT2D eigenvalue weighted by atomic mass is 19.1. The molecule has 0 saturated heterocycles. The van der Waals surface area contributed by atoms with Gasteiger partial charge in [-0.1, -0.05) is 30.3 Å². The zero-order valence-electron chi connectivity index (χ0n) is 10.8. The number of para-hydroxylation sites is 1. The predicted octanol–water partition coefficient (Wildman–Crippen LogP) is 3.01. The maximum Gasteiger partial charge on any atom is 0.312 e. The minimum Gasteiger partial charge on any atom is -0.481 e. The largest absolute Gasteiger partial charge is 0.481 e. The third-order valence-corrected chi connectivity index (χ3v) is 3.62. The van der Waals surface area contributed by atoms with Gasteiger partial charge in [-0.3, -0.25) is 4.79 Å². The highest BCUT2D eigenvalue weighted by molar-refractivity contribution is 5.82. The smallest absolute Gasteiger partial charge is 0.312 e. The second kappa shape index (κ2) is 4.96. The zero-order chi connectivity index (χ0) is 14.1. The molecule has 102 valence electrons. The van der Waals surface area contributed by atoms with Gasteiger partial charge in [0.15, 0.2) is 0 Å². The third kappa shape index (κ3) is 2.25. The molecule has 1 aliphatic heterocycles. The Labute approximate surface area is 116 Å². The van der Waals surface area contributed by atoms with Crippen LogP contribution in [0.2, 0.25) is 0 Å². The Bertz CT molecular complexity index is 656. The van der Waals surface area contributed by atoms with E-state index >= 15 is 0 Å². The molecule has 0 radical (unpaired) electrons. The summed E-state index contributed by atoms with van der Waals surface area (Å²) >= 11 is 0. The van der Waals surface area contributed by atoms with Gasteiger partial charge >= 0.3 is 5.97 Å². The van der Waals surface area contributed by atoms with Gasteiger partial charge in [0.25, 0.3) is 0 Å². The lowest BCUT2D eigenvalue weighted by molar-refractivity contribution is -0.138. The number of fused-ring (bicyclic) bond motifs is 1. The van der Waals surface area contributed by atoms with Crippen molar-refractivity contribution < 1.29 is 14.3 Å². The van der Waals surface area contributed by atoms with Gasteiger partial charge in [-0.05, 0) is 29.3 Å². The van der Waals surface area contributed by atoms with E-state index < -0.39 is 11.9 Å². The monoisotopic (exact) mass is 271 g/mol. The van der Waals surface area contributed by atoms with Crippen molar-refractivity contribution in [2.75, 3.05) is 11.4 Å². The van der Waals surface area contributed by atoms with Crippen molar-refractivity contribution in [2.45, 2.75) is 12.5 Å². The topological polar surface area (TPSA) is 40.5 Å². The Kier molecular flexibility index (Phi) is 3.14. The lowest BCUT2D eigenvalue weighted by atomic mass is 10.0. The normalized spacial score (nSPS) is 17.1. The summed E-state index contributed by atoms with van der Waals surface area (Å²) in [5.41, 5.74) is 2.59. The van der Waals surface area contributed by atoms with Gasteiger partial charge in [-0.25, -0.2) is 4.39 Å². The van der Waals surface area contributed by atoms with E-state index in [0.29, 0.717) is 13.1 Å². The van der Waals surface area contributed by atoms with Crippen molar-refractivity contribution in [1.29, 1.82) is 0 Å². The number of carbonyl (C=O) groups is 1. The maximum atomic E-state index is 13.2. The van der Waals surface area contributed by atoms with E-state index in [9.17, 15) is 14.3 Å². The number of anilines is 1. The molecular weight excluding hydrogens is 257 g/mol. The average Bonchev–Trinajstić information content (AvgIpc) is 2.78. The first-order valence-corrected chi connectivity index (χ1v) is 6.46. The van der Waals surface area contributed by atoms with Crippen LogP contribution < -0.4 is 4.90 Å². The highest BCUT2D eigenvalue weighted by Gasteiger charge is 2.33. The summed E-state index contributed by atoms with van der Waals surface area (Å²) in [6.45, 7) is 0.934. The molecular formula is C16H14FNO2. The van der Waals surface area contributed by atoms with Crippen molar-refractivity contribution in [3.63, 3.8) is 0 Å². The Morgan fingerprint density at radius 1 is 1.25 bits per heavy atom. The van der Waals surface area contributed by atoms with Crippen molar-refractivity contribution in [2.24, 2.45) is 0 Å². The number of carboxylic acid groups (broad SMARTS) is 1. The standard InChI is InChI=1S/C16H14FNO2/c17-12-5-3-4-11(8-12)9-18-10-14(16(19)20)13-6-1-2-7-15(13)18/h1-8,14H,9-10H2,(H,19,20). The number of rotatable bonds is 3. The van der Waals surface area contributed by atoms with Crippen LogP contribution in [0.1, 0.15) is 17.0 Å². The predicted molar refractivity (Wildman–Crippen MR) is 74.3 cm³/mol. The molecule has 0 fully saturated rings. The first kappa shape index (κ1) is 12.7. The van der Waals surface area contributed by atoms with Gasteiger partial charge in [-0.2, -0.15) is 0 Å². The van der Waals surface area contributed by atoms with Gasteiger partial charge in [0.2, 0.25) is 0 Å². The summed E-state index contributed by atoms with van der Waals surface area (Å²) in [5.74, 6) is -1.61. The summed E-state index contributed by atoms with van der Waals surface area (Å²) in [4.78, 5) is 13.3. The van der Waals surface area contributed by atoms with Crippen LogP contribution in [-0.4, -0.2) is 17.6 Å². The number of hydrogen-bond acceptors (Lipinski definition) is 2. The molecule has 0 aromatic heterocycles. The van der Waals surface area contributed by atoms with Gasteiger partial charge in [-0.15, -0.1) is 0 Å². The van der Waals surface area contributed by atoms with E-state index in [0.717, 1.165) is 16.8 Å². The number of carboxylic acids is 1. The van der Waals surface area contributed by atoms with Crippen molar-refractivity contribution in [3.8, 4) is 0 Å². The molecule has 1 heterocycles. The summed E-state index contributed by atoms with van der Waals surface area (Å²) in [5, 5.41) is 9.30. The lowest BCUT2D eigenvalue weighted by Crippen LogP contribution is -2.24. The van der Waals surface area contributed by atoms with E-state index in [-0.39, 0.29) is 5.82 Å². The average molecular weight is 271 g/mol. The number of aliphatic carboxylic acids is 1. The SMILES string of the molecule is O=C(O)C1CN(Cc2cccc(F)c2)c2ccccc21. The molecule has 1 atom stereocenters. The van der Waals surface area contributed by atoms with Gasteiger partial charge in [0.05, 0.1) is 0 Å². The minimum absolute atomic E-state index is 0.273. The molecule has 0 aliphatic carbocycles. The number of nitrogens with zero attached hydrogens (tertiary/aromatic N) is 1. The fourth-order valence-corrected chi connectivity index (χ4v) is 2.70. The molecule has 0 spiro atoms. The van der Waals surface area contributed by atoms with Crippen LogP contribution in [0.25, 0.3) is 0 Å². The molecule has 20 heavy (non-hydrogen) atoms. The number of hydrogen-bond donors (Lipinski definition) is 1. The fourth-order valence-electron chi connectivity index (χ4n) is 2.70. The molecule has 4 heteroatoms. The van der Waals surface area contributed by atoms with Crippen LogP contribution in [0.4, 0.5) is 10.1 Å². The van der Waals surface area contributed by atoms with E-state index in [4.69, 9.17) is 0 Å². The quantitative estimate of drug-likeness (QED) is 0.933. The molecule has 0 amide bonds. The second-order valence-corrected chi connectivity index (χ2v) is 4.96. The molecule has 2 aromatic rings. The fraction of sp³-hybridized carbons (Fsp3) is 0.188. The number of benzene rings is 2. The van der Waals surface area contributed by atoms with Crippen molar-refractivity contribution in [1.82, 2.24) is 0 Å². The van der Waals surface area contributed by atoms with Crippen LogP contribution in [0.5, 0.6) is 0 Å². The molecule has 1 aliphatic rings. The molecule has 2 aromatic carbocycles. The van der Waals surface area contributed by atoms with E-state index in [1.54, 1.807) is 6.07 Å². The first-order valence-electron chi connectivity index (χ1n) is 6.46. The molecule has 1 N–H and O–H groups in total. The van der Waals surface area contributed by atoms with E-state index in [1.165, 1.54) is 12.1 Å². The maximum absolute atomic E-state index is 13.2. The van der Waals surface area contributed by atoms with Gasteiger partial charge < -0.3 is 10.0 Å². The summed E-state index contributed by atoms with van der Waals surface area (Å²) < 4.78 is 13.2. The molecule has 3 nitrogen and oxygen atoms in total. The summed E-state index contributed by atoms with van der Waals surface area (Å²) in [7, 11) is 0. The zero-order valence-corrected chi connectivity index (χ0v) is 10.8. The van der Waals surface area contributed by atoms with Crippen LogP contribution >= 0.6 is 0 Å². The van der Waals surface area contributed by atoms with Crippen LogP contribution in [0.3, 0.4) is 0 Å². The van der Waals surface area contributed by atoms with Gasteiger partial charge in [0, 0.05) is 18.8 Å². The Morgan fingerprint density at radius 2 is 2.05 bits per heavy atom. The Morgan fingerprint density at radius 3 is 2.80 bits per heavy atom. The minimum atomic E-state index is -0.820. The number of halogens is 1. The summed E-state index contributed by atoms with van der Waals surface area (Å²) in [6.07, 6.45) is 0. The van der Waals surface area contributed by atoms with Crippen LogP contribution in [-0.2, 0) is 11.3 Å². The van der Waals surface area contributed by atoms with E-state index in [2.05, 4.69) is 0 Å². The van der Waals surface area contributed by atoms with Crippen LogP contribution in [0.15, 0.2) is 48.5 Å². The highest BCUT2D eigenvalue weighted by Crippen LogP contribution is 2.37. The van der Waals surface area contributed by atoms with Gasteiger partial charge in [0.1, 0.15) is 11.7 Å². The second-order valence-electron chi connectivity index (χ2n) is 4.96. The first-order chi connectivity index (χ1) is 9.65. The van der Waals surface area contributed by atoms with E-state index in [1.807, 2.05) is 35.2 Å². The third-order valence-electron chi connectivity index (χ3n) is 3.62. The van der Waals surface area contributed by atoms with Crippen LogP contribution in [0, 0.1) is 5.82 Å². The van der Waals surface area contributed by atoms with Crippen molar-refractivity contribution >= 4 is 11.7 Å². The summed E-state index contributed by atoms with van der Waals surface area (Å²) in [6, 6.07) is 13.9. The van der Waals surface area contributed by atoms with Crippen molar-refractivity contribution in [3.05, 3.63) is 65.5 Å². The Balaban J connectivity index is 1.90.